The van der Waals surface area contributed by atoms with Gasteiger partial charge in [-0.05, 0) is 33.0 Å². The largest absolute Gasteiger partial charge is 0.352 e. The molecule has 1 aromatic rings. The minimum atomic E-state index is -0.143. The highest BCUT2D eigenvalue weighted by atomic mass is 16.2. The number of rotatable bonds is 2. The predicted octanol–water partition coefficient (Wildman–Crippen LogP) is -0.366. The van der Waals surface area contributed by atoms with E-state index in [1.165, 1.54) is 0 Å². The van der Waals surface area contributed by atoms with Gasteiger partial charge >= 0.3 is 0 Å². The molecule has 0 spiro atoms. The van der Waals surface area contributed by atoms with Crippen molar-refractivity contribution in [1.29, 1.82) is 0 Å². The average Bonchev–Trinajstić information content (AvgIpc) is 2.88. The Labute approximate surface area is 113 Å². The van der Waals surface area contributed by atoms with Crippen LogP contribution in [0.15, 0.2) is 6.33 Å². The molecule has 1 fully saturated rings. The first kappa shape index (κ1) is 12.6. The van der Waals surface area contributed by atoms with Gasteiger partial charge in [-0.1, -0.05) is 0 Å². The second kappa shape index (κ2) is 5.30. The van der Waals surface area contributed by atoms with E-state index in [1.54, 1.807) is 6.33 Å². The molecule has 104 valence electrons. The quantitative estimate of drug-likeness (QED) is 0.681. The fourth-order valence-electron chi connectivity index (χ4n) is 2.81. The molecule has 0 saturated carbocycles. The summed E-state index contributed by atoms with van der Waals surface area (Å²) < 4.78 is 0. The molecule has 1 atom stereocenters. The second-order valence-electron chi connectivity index (χ2n) is 5.55. The molecule has 6 heteroatoms. The maximum atomic E-state index is 12.3. The van der Waals surface area contributed by atoms with Crippen LogP contribution in [0.2, 0.25) is 0 Å². The molecule has 2 aliphatic heterocycles. The molecule has 3 rings (SSSR count). The van der Waals surface area contributed by atoms with Crippen molar-refractivity contribution in [2.75, 3.05) is 20.1 Å². The number of piperidine rings is 1. The molecule has 0 bridgehead atoms. The average molecular weight is 263 g/mol. The van der Waals surface area contributed by atoms with E-state index in [0.29, 0.717) is 19.0 Å². The van der Waals surface area contributed by atoms with Crippen molar-refractivity contribution in [2.24, 2.45) is 0 Å². The Balaban J connectivity index is 1.54. The zero-order valence-electron chi connectivity index (χ0n) is 11.3. The van der Waals surface area contributed by atoms with E-state index >= 15 is 0 Å². The minimum absolute atomic E-state index is 0.114. The number of carbonyl (C=O) groups excluding carboxylic acids is 1. The van der Waals surface area contributed by atoms with Crippen LogP contribution in [0, 0.1) is 0 Å². The number of amides is 1. The first-order chi connectivity index (χ1) is 9.22. The summed E-state index contributed by atoms with van der Waals surface area (Å²) in [7, 11) is 2.12. The van der Waals surface area contributed by atoms with Crippen LogP contribution in [0.3, 0.4) is 0 Å². The monoisotopic (exact) mass is 263 g/mol. The molecular weight excluding hydrogens is 242 g/mol. The normalized spacial score (nSPS) is 25.0. The summed E-state index contributed by atoms with van der Waals surface area (Å²) in [6.45, 7) is 2.82. The Kier molecular flexibility index (Phi) is 3.52. The predicted molar refractivity (Wildman–Crippen MR) is 71.6 cm³/mol. The van der Waals surface area contributed by atoms with Gasteiger partial charge in [-0.2, -0.15) is 0 Å². The number of hydrogen-bond donors (Lipinski definition) is 3. The van der Waals surface area contributed by atoms with Crippen LogP contribution >= 0.6 is 0 Å². The second-order valence-corrected chi connectivity index (χ2v) is 5.55. The van der Waals surface area contributed by atoms with E-state index in [0.717, 1.165) is 37.3 Å². The number of aromatic amines is 1. The Morgan fingerprint density at radius 3 is 3.05 bits per heavy atom. The maximum absolute atomic E-state index is 12.3. The van der Waals surface area contributed by atoms with Crippen LogP contribution in [0.1, 0.15) is 24.2 Å². The number of fused-ring (bicyclic) bond motifs is 1. The van der Waals surface area contributed by atoms with Crippen LogP contribution in [-0.4, -0.2) is 53.0 Å². The molecule has 1 amide bonds. The van der Waals surface area contributed by atoms with Gasteiger partial charge in [-0.25, -0.2) is 4.98 Å². The van der Waals surface area contributed by atoms with Gasteiger partial charge in [0.1, 0.15) is 0 Å². The number of hydrogen-bond acceptors (Lipinski definition) is 4. The molecule has 19 heavy (non-hydrogen) atoms. The van der Waals surface area contributed by atoms with Crippen LogP contribution < -0.4 is 10.6 Å². The third kappa shape index (κ3) is 2.79. The van der Waals surface area contributed by atoms with Crippen LogP contribution in [0.5, 0.6) is 0 Å². The fourth-order valence-corrected chi connectivity index (χ4v) is 2.81. The summed E-state index contributed by atoms with van der Waals surface area (Å²) in [5.41, 5.74) is 2.12. The number of nitrogens with zero attached hydrogens (tertiary/aromatic N) is 2. The van der Waals surface area contributed by atoms with Gasteiger partial charge in [0, 0.05) is 19.0 Å². The van der Waals surface area contributed by atoms with Gasteiger partial charge in [0.05, 0.1) is 23.8 Å². The lowest BCUT2D eigenvalue weighted by Gasteiger charge is -2.31. The Morgan fingerprint density at radius 2 is 2.26 bits per heavy atom. The molecule has 3 N–H and O–H groups in total. The van der Waals surface area contributed by atoms with Crippen LogP contribution in [0.25, 0.3) is 0 Å². The zero-order chi connectivity index (χ0) is 13.2. The Bertz CT molecular complexity index is 450. The van der Waals surface area contributed by atoms with Crippen molar-refractivity contribution < 1.29 is 4.79 Å². The van der Waals surface area contributed by atoms with Gasteiger partial charge in [-0.15, -0.1) is 0 Å². The summed E-state index contributed by atoms with van der Waals surface area (Å²) in [5.74, 6) is 0.114. The molecule has 0 radical (unpaired) electrons. The van der Waals surface area contributed by atoms with Gasteiger partial charge in [0.25, 0.3) is 0 Å². The van der Waals surface area contributed by atoms with Crippen molar-refractivity contribution in [1.82, 2.24) is 25.5 Å². The molecule has 3 heterocycles. The van der Waals surface area contributed by atoms with Crippen LogP contribution in [-0.2, 0) is 17.8 Å². The summed E-state index contributed by atoms with van der Waals surface area (Å²) in [6, 6.07) is 0.182. The highest BCUT2D eigenvalue weighted by molar-refractivity contribution is 5.82. The molecule has 6 nitrogen and oxygen atoms in total. The topological polar surface area (TPSA) is 73.0 Å². The van der Waals surface area contributed by atoms with E-state index in [9.17, 15) is 4.79 Å². The number of imidazole rings is 1. The number of carbonyl (C=O) groups is 1. The van der Waals surface area contributed by atoms with Crippen molar-refractivity contribution in [3.63, 3.8) is 0 Å². The smallest absolute Gasteiger partial charge is 0.237 e. The van der Waals surface area contributed by atoms with Crippen molar-refractivity contribution in [2.45, 2.75) is 37.9 Å². The number of nitrogens with one attached hydrogen (secondary N) is 3. The van der Waals surface area contributed by atoms with Gasteiger partial charge in [0.2, 0.25) is 5.91 Å². The summed E-state index contributed by atoms with van der Waals surface area (Å²) >= 11 is 0. The molecule has 1 unspecified atom stereocenters. The van der Waals surface area contributed by atoms with Crippen molar-refractivity contribution in [3.05, 3.63) is 17.7 Å². The molecule has 2 aliphatic rings. The zero-order valence-corrected chi connectivity index (χ0v) is 11.3. The summed E-state index contributed by atoms with van der Waals surface area (Å²) in [4.78, 5) is 21.9. The highest BCUT2D eigenvalue weighted by Gasteiger charge is 2.27. The molecule has 0 aliphatic carbocycles. The molecule has 1 aromatic heterocycles. The minimum Gasteiger partial charge on any atom is -0.352 e. The van der Waals surface area contributed by atoms with E-state index in [2.05, 4.69) is 32.5 Å². The standard InChI is InChI=1S/C13H21N5O/c1-18-4-2-9(3-5-18)17-13(19)11-6-10-12(7-14-11)16-8-15-10/h8-9,11,14H,2-7H2,1H3,(H,15,16)(H,17,19). The lowest BCUT2D eigenvalue weighted by atomic mass is 10.0. The fraction of sp³-hybridized carbons (Fsp3) is 0.692. The van der Waals surface area contributed by atoms with E-state index in [4.69, 9.17) is 0 Å². The highest BCUT2D eigenvalue weighted by Crippen LogP contribution is 2.13. The Morgan fingerprint density at radius 1 is 1.47 bits per heavy atom. The third-order valence-corrected chi connectivity index (χ3v) is 4.11. The maximum Gasteiger partial charge on any atom is 0.237 e. The van der Waals surface area contributed by atoms with Gasteiger partial charge < -0.3 is 15.2 Å². The van der Waals surface area contributed by atoms with Crippen molar-refractivity contribution >= 4 is 5.91 Å². The molecule has 1 saturated heterocycles. The summed E-state index contributed by atoms with van der Waals surface area (Å²) in [5, 5.41) is 6.43. The Hall–Kier alpha value is -1.40. The van der Waals surface area contributed by atoms with Gasteiger partial charge in [-0.3, -0.25) is 10.1 Å². The SMILES string of the molecule is CN1CCC(NC(=O)C2Cc3nc[nH]c3CN2)CC1. The van der Waals surface area contributed by atoms with Crippen molar-refractivity contribution in [3.8, 4) is 0 Å². The number of H-pyrrole nitrogens is 1. The number of likely N-dealkylation sites (tertiary alicyclic amines) is 1. The summed E-state index contributed by atoms with van der Waals surface area (Å²) in [6.07, 6.45) is 4.46. The van der Waals surface area contributed by atoms with Crippen LogP contribution in [0.4, 0.5) is 0 Å². The third-order valence-electron chi connectivity index (χ3n) is 4.11. The van der Waals surface area contributed by atoms with E-state index < -0.39 is 0 Å². The lowest BCUT2D eigenvalue weighted by molar-refractivity contribution is -0.124. The van der Waals surface area contributed by atoms with E-state index in [-0.39, 0.29) is 11.9 Å². The first-order valence-corrected chi connectivity index (χ1v) is 6.96. The van der Waals surface area contributed by atoms with Gasteiger partial charge in [0.15, 0.2) is 0 Å². The molecular formula is C13H21N5O. The number of aromatic nitrogens is 2. The lowest BCUT2D eigenvalue weighted by Crippen LogP contribution is -2.52. The van der Waals surface area contributed by atoms with E-state index in [1.807, 2.05) is 0 Å². The molecule has 0 aromatic carbocycles. The first-order valence-electron chi connectivity index (χ1n) is 6.96.